The molecule has 32 heavy (non-hydrogen) atoms. The van der Waals surface area contributed by atoms with Crippen LogP contribution in [-0.4, -0.2) is 25.2 Å². The van der Waals surface area contributed by atoms with Gasteiger partial charge in [-0.15, -0.1) is 0 Å². The summed E-state index contributed by atoms with van der Waals surface area (Å²) in [5, 5.41) is 11.5. The van der Waals surface area contributed by atoms with Gasteiger partial charge >= 0.3 is 0 Å². The van der Waals surface area contributed by atoms with Crippen molar-refractivity contribution in [3.8, 4) is 0 Å². The SMILES string of the molecule is CC(C)(C)c1ccc(S(=O)(=O)Nc2cc(Cl)cnc2C(=O)c2ccccc2C(=O)[O-])cc1. The summed E-state index contributed by atoms with van der Waals surface area (Å²) in [5.41, 5.74) is -0.180. The second-order valence-electron chi connectivity index (χ2n) is 8.09. The monoisotopic (exact) mass is 471 g/mol. The summed E-state index contributed by atoms with van der Waals surface area (Å²) in [6.45, 7) is 6.03. The highest BCUT2D eigenvalue weighted by Crippen LogP contribution is 2.27. The molecular weight excluding hydrogens is 452 g/mol. The van der Waals surface area contributed by atoms with Gasteiger partial charge in [-0.05, 0) is 29.2 Å². The number of hydrogen-bond donors (Lipinski definition) is 1. The zero-order valence-electron chi connectivity index (χ0n) is 17.5. The van der Waals surface area contributed by atoms with Gasteiger partial charge < -0.3 is 9.90 Å². The smallest absolute Gasteiger partial charge is 0.261 e. The lowest BCUT2D eigenvalue weighted by Gasteiger charge is -2.19. The largest absolute Gasteiger partial charge is 0.545 e. The minimum Gasteiger partial charge on any atom is -0.545 e. The van der Waals surface area contributed by atoms with E-state index in [1.165, 1.54) is 48.7 Å². The van der Waals surface area contributed by atoms with Crippen molar-refractivity contribution in [1.29, 1.82) is 0 Å². The standard InChI is InChI=1S/C23H21ClN2O5S/c1-23(2,3)14-8-10-16(11-9-14)32(30,31)26-19-12-15(24)13-25-20(19)21(27)17-6-4-5-7-18(17)22(28)29/h4-13,26H,1-3H3,(H,28,29)/p-1. The molecule has 0 aliphatic rings. The van der Waals surface area contributed by atoms with Crippen LogP contribution in [0.15, 0.2) is 65.7 Å². The molecule has 0 unspecified atom stereocenters. The minimum atomic E-state index is -4.09. The molecule has 2 aromatic carbocycles. The number of carbonyl (C=O) groups is 2. The van der Waals surface area contributed by atoms with E-state index in [1.807, 2.05) is 20.8 Å². The van der Waals surface area contributed by atoms with Crippen molar-refractivity contribution >= 4 is 39.1 Å². The van der Waals surface area contributed by atoms with Gasteiger partial charge in [-0.25, -0.2) is 13.4 Å². The third-order valence-corrected chi connectivity index (χ3v) is 6.32. The van der Waals surface area contributed by atoms with Crippen LogP contribution in [0.5, 0.6) is 0 Å². The van der Waals surface area contributed by atoms with Crippen molar-refractivity contribution in [1.82, 2.24) is 4.98 Å². The number of carboxylic acids is 1. The van der Waals surface area contributed by atoms with Crippen LogP contribution in [0.25, 0.3) is 0 Å². The molecule has 0 fully saturated rings. The molecular formula is C23H20ClN2O5S-. The van der Waals surface area contributed by atoms with Gasteiger partial charge in [0.1, 0.15) is 5.69 Å². The number of ketones is 1. The Hall–Kier alpha value is -3.23. The number of carbonyl (C=O) groups excluding carboxylic acids is 2. The molecule has 0 amide bonds. The Morgan fingerprint density at radius 1 is 1.00 bits per heavy atom. The fourth-order valence-corrected chi connectivity index (χ4v) is 4.24. The van der Waals surface area contributed by atoms with Gasteiger partial charge in [0.05, 0.1) is 21.6 Å². The van der Waals surface area contributed by atoms with E-state index in [0.717, 1.165) is 5.56 Å². The molecule has 0 bridgehead atoms. The number of pyridine rings is 1. The van der Waals surface area contributed by atoms with Crippen molar-refractivity contribution in [3.63, 3.8) is 0 Å². The van der Waals surface area contributed by atoms with E-state index in [0.29, 0.717) is 0 Å². The molecule has 1 N–H and O–H groups in total. The van der Waals surface area contributed by atoms with Crippen molar-refractivity contribution in [2.45, 2.75) is 31.1 Å². The molecule has 166 valence electrons. The number of halogens is 1. The molecule has 0 aliphatic carbocycles. The Bertz CT molecular complexity index is 1300. The predicted octanol–water partition coefficient (Wildman–Crippen LogP) is 3.43. The van der Waals surface area contributed by atoms with Crippen molar-refractivity contribution < 1.29 is 23.1 Å². The molecule has 0 saturated carbocycles. The number of nitrogens with one attached hydrogen (secondary N) is 1. The molecule has 7 nitrogen and oxygen atoms in total. The third kappa shape index (κ3) is 4.98. The van der Waals surface area contributed by atoms with Gasteiger partial charge in [0, 0.05) is 17.3 Å². The van der Waals surface area contributed by atoms with E-state index >= 15 is 0 Å². The van der Waals surface area contributed by atoms with E-state index in [1.54, 1.807) is 12.1 Å². The van der Waals surface area contributed by atoms with Gasteiger partial charge in [0.2, 0.25) is 5.78 Å². The molecule has 9 heteroatoms. The summed E-state index contributed by atoms with van der Waals surface area (Å²) in [7, 11) is -4.09. The lowest BCUT2D eigenvalue weighted by Crippen LogP contribution is -2.25. The fraction of sp³-hybridized carbons (Fsp3) is 0.174. The van der Waals surface area contributed by atoms with Crippen molar-refractivity contribution in [2.75, 3.05) is 4.72 Å². The Morgan fingerprint density at radius 3 is 2.16 bits per heavy atom. The summed E-state index contributed by atoms with van der Waals surface area (Å²) in [6, 6.07) is 13.1. The van der Waals surface area contributed by atoms with Gasteiger partial charge in [0.15, 0.2) is 0 Å². The highest BCUT2D eigenvalue weighted by atomic mass is 35.5. The van der Waals surface area contributed by atoms with Crippen LogP contribution >= 0.6 is 11.6 Å². The first kappa shape index (κ1) is 23.4. The molecule has 1 aromatic heterocycles. The number of hydrogen-bond acceptors (Lipinski definition) is 6. The van der Waals surface area contributed by atoms with Crippen LogP contribution in [0.1, 0.15) is 52.7 Å². The lowest BCUT2D eigenvalue weighted by atomic mass is 9.87. The average molecular weight is 472 g/mol. The molecule has 0 saturated heterocycles. The van der Waals surface area contributed by atoms with E-state index in [4.69, 9.17) is 11.6 Å². The second-order valence-corrected chi connectivity index (χ2v) is 10.2. The summed E-state index contributed by atoms with van der Waals surface area (Å²) < 4.78 is 28.3. The van der Waals surface area contributed by atoms with Crippen molar-refractivity contribution in [3.05, 3.63) is 88.2 Å². The maximum Gasteiger partial charge on any atom is 0.261 e. The lowest BCUT2D eigenvalue weighted by molar-refractivity contribution is -0.255. The van der Waals surface area contributed by atoms with Crippen LogP contribution in [0, 0.1) is 0 Å². The van der Waals surface area contributed by atoms with Gasteiger partial charge in [-0.2, -0.15) is 0 Å². The first-order chi connectivity index (χ1) is 14.9. The number of sulfonamides is 1. The number of carboxylic acid groups (broad SMARTS) is 1. The van der Waals surface area contributed by atoms with Crippen LogP contribution in [0.3, 0.4) is 0 Å². The van der Waals surface area contributed by atoms with E-state index in [-0.39, 0.29) is 37.8 Å². The quantitative estimate of drug-likeness (QED) is 0.550. The number of aromatic nitrogens is 1. The normalized spacial score (nSPS) is 11.8. The maximum atomic E-state index is 13.0. The zero-order chi connectivity index (χ0) is 23.7. The van der Waals surface area contributed by atoms with Gasteiger partial charge in [0.25, 0.3) is 10.0 Å². The van der Waals surface area contributed by atoms with Gasteiger partial charge in [-0.1, -0.05) is 68.8 Å². The summed E-state index contributed by atoms with van der Waals surface area (Å²) >= 11 is 5.98. The molecule has 0 aliphatic heterocycles. The third-order valence-electron chi connectivity index (χ3n) is 4.74. The number of nitrogens with zero attached hydrogens (tertiary/aromatic N) is 1. The molecule has 0 spiro atoms. The fourth-order valence-electron chi connectivity index (χ4n) is 3.02. The number of benzene rings is 2. The Kier molecular flexibility index (Phi) is 6.39. The predicted molar refractivity (Wildman–Crippen MR) is 119 cm³/mol. The van der Waals surface area contributed by atoms with Gasteiger partial charge in [-0.3, -0.25) is 9.52 Å². The van der Waals surface area contributed by atoms with Crippen LogP contribution in [0.4, 0.5) is 5.69 Å². The van der Waals surface area contributed by atoms with Crippen LogP contribution in [-0.2, 0) is 15.4 Å². The van der Waals surface area contributed by atoms with E-state index in [9.17, 15) is 23.1 Å². The first-order valence-electron chi connectivity index (χ1n) is 9.54. The Morgan fingerprint density at radius 2 is 1.59 bits per heavy atom. The molecule has 1 heterocycles. The van der Waals surface area contributed by atoms with Crippen LogP contribution < -0.4 is 9.83 Å². The topological polar surface area (TPSA) is 116 Å². The summed E-state index contributed by atoms with van der Waals surface area (Å²) in [6.07, 6.45) is 1.17. The highest BCUT2D eigenvalue weighted by Gasteiger charge is 2.24. The zero-order valence-corrected chi connectivity index (χ0v) is 19.1. The van der Waals surface area contributed by atoms with Crippen LogP contribution in [0.2, 0.25) is 5.02 Å². The summed E-state index contributed by atoms with van der Waals surface area (Å²) in [4.78, 5) is 28.4. The summed E-state index contributed by atoms with van der Waals surface area (Å²) in [5.74, 6) is -2.33. The minimum absolute atomic E-state index is 0.0148. The number of anilines is 1. The van der Waals surface area contributed by atoms with E-state index in [2.05, 4.69) is 9.71 Å². The first-order valence-corrected chi connectivity index (χ1v) is 11.4. The molecule has 3 aromatic rings. The Labute approximate surface area is 191 Å². The molecule has 3 rings (SSSR count). The van der Waals surface area contributed by atoms with E-state index < -0.39 is 21.8 Å². The van der Waals surface area contributed by atoms with Crippen molar-refractivity contribution in [2.24, 2.45) is 0 Å². The molecule has 0 radical (unpaired) electrons. The second kappa shape index (κ2) is 8.72. The highest BCUT2D eigenvalue weighted by molar-refractivity contribution is 7.92. The number of aromatic carboxylic acids is 1. The average Bonchev–Trinajstić information content (AvgIpc) is 2.72. The molecule has 0 atom stereocenters. The number of rotatable bonds is 6. The maximum absolute atomic E-state index is 13.0. The Balaban J connectivity index is 2.02.